The number of nitrogens with one attached hydrogen (secondary N) is 1. The number of nitrogens with two attached hydrogens (primary N) is 1. The first-order chi connectivity index (χ1) is 9.62. The smallest absolute Gasteiger partial charge is 0.124 e. The van der Waals surface area contributed by atoms with Crippen LogP contribution in [-0.4, -0.2) is 12.2 Å². The lowest BCUT2D eigenvalue weighted by Crippen LogP contribution is -2.48. The second-order valence-corrected chi connectivity index (χ2v) is 6.90. The Kier molecular flexibility index (Phi) is 4.13. The van der Waals surface area contributed by atoms with E-state index in [1.54, 1.807) is 6.07 Å². The lowest BCUT2D eigenvalue weighted by atomic mass is 9.70. The second kappa shape index (κ2) is 5.72. The van der Waals surface area contributed by atoms with E-state index >= 15 is 0 Å². The van der Waals surface area contributed by atoms with Crippen molar-refractivity contribution in [2.75, 3.05) is 6.61 Å². The highest BCUT2D eigenvalue weighted by molar-refractivity contribution is 9.10. The summed E-state index contributed by atoms with van der Waals surface area (Å²) in [6.45, 7) is 0.777. The molecule has 0 aromatic heterocycles. The van der Waals surface area contributed by atoms with E-state index in [9.17, 15) is 4.39 Å². The Morgan fingerprint density at radius 2 is 2.20 bits per heavy atom. The molecule has 0 amide bonds. The van der Waals surface area contributed by atoms with Crippen LogP contribution in [0.3, 0.4) is 0 Å². The molecule has 1 spiro atoms. The Hall–Kier alpha value is -0.490. The molecule has 3 N–H and O–H groups in total. The first kappa shape index (κ1) is 14.4. The van der Waals surface area contributed by atoms with Crippen LogP contribution in [0, 0.1) is 11.7 Å². The van der Waals surface area contributed by atoms with Crippen LogP contribution >= 0.6 is 15.9 Å². The molecule has 1 saturated heterocycles. The van der Waals surface area contributed by atoms with Crippen molar-refractivity contribution in [1.29, 1.82) is 0 Å². The van der Waals surface area contributed by atoms with Gasteiger partial charge in [-0.25, -0.2) is 4.39 Å². The lowest BCUT2D eigenvalue weighted by molar-refractivity contribution is -0.147. The molecule has 2 unspecified atom stereocenters. The highest BCUT2D eigenvalue weighted by atomic mass is 79.9. The number of ether oxygens (including phenoxy) is 1. The zero-order chi connectivity index (χ0) is 14.2. The van der Waals surface area contributed by atoms with E-state index in [2.05, 4.69) is 21.4 Å². The molecular weight excluding hydrogens is 323 g/mol. The van der Waals surface area contributed by atoms with Crippen LogP contribution < -0.4 is 11.3 Å². The Labute approximate surface area is 127 Å². The SMILES string of the molecule is NNC(c1cc(F)cc(Br)c1)C1CCOC2(CCC2)C1. The quantitative estimate of drug-likeness (QED) is 0.653. The molecule has 0 bridgehead atoms. The Morgan fingerprint density at radius 3 is 2.80 bits per heavy atom. The topological polar surface area (TPSA) is 47.3 Å². The normalized spacial score (nSPS) is 26.2. The number of hydrogen-bond acceptors (Lipinski definition) is 3. The molecular formula is C15H20BrFN2O. The van der Waals surface area contributed by atoms with E-state index in [1.165, 1.54) is 12.5 Å². The van der Waals surface area contributed by atoms with Gasteiger partial charge in [-0.3, -0.25) is 11.3 Å². The van der Waals surface area contributed by atoms with Crippen LogP contribution in [-0.2, 0) is 4.74 Å². The van der Waals surface area contributed by atoms with Crippen molar-refractivity contribution in [1.82, 2.24) is 5.43 Å². The van der Waals surface area contributed by atoms with Gasteiger partial charge < -0.3 is 4.74 Å². The van der Waals surface area contributed by atoms with Crippen LogP contribution in [0.5, 0.6) is 0 Å². The van der Waals surface area contributed by atoms with Crippen molar-refractivity contribution in [3.8, 4) is 0 Å². The van der Waals surface area contributed by atoms with Crippen molar-refractivity contribution in [2.24, 2.45) is 11.8 Å². The summed E-state index contributed by atoms with van der Waals surface area (Å²) >= 11 is 3.35. The average molecular weight is 343 g/mol. The fraction of sp³-hybridized carbons (Fsp3) is 0.600. The molecule has 1 aliphatic carbocycles. The minimum atomic E-state index is -0.236. The first-order valence-corrected chi connectivity index (χ1v) is 7.97. The third kappa shape index (κ3) is 2.77. The van der Waals surface area contributed by atoms with E-state index in [4.69, 9.17) is 10.6 Å². The summed E-state index contributed by atoms with van der Waals surface area (Å²) in [7, 11) is 0. The molecule has 2 aliphatic rings. The maximum atomic E-state index is 13.6. The second-order valence-electron chi connectivity index (χ2n) is 5.99. The van der Waals surface area contributed by atoms with E-state index in [1.807, 2.05) is 6.07 Å². The van der Waals surface area contributed by atoms with Crippen LogP contribution in [0.25, 0.3) is 0 Å². The fourth-order valence-corrected chi connectivity index (χ4v) is 4.01. The molecule has 1 aliphatic heterocycles. The molecule has 1 aromatic carbocycles. The minimum absolute atomic E-state index is 0.0247. The fourth-order valence-electron chi connectivity index (χ4n) is 3.53. The van der Waals surface area contributed by atoms with Crippen LogP contribution in [0.15, 0.2) is 22.7 Å². The number of hydrazine groups is 1. The monoisotopic (exact) mass is 342 g/mol. The summed E-state index contributed by atoms with van der Waals surface area (Å²) in [4.78, 5) is 0. The van der Waals surface area contributed by atoms with Crippen molar-refractivity contribution >= 4 is 15.9 Å². The highest BCUT2D eigenvalue weighted by Crippen LogP contribution is 2.47. The highest BCUT2D eigenvalue weighted by Gasteiger charge is 2.44. The van der Waals surface area contributed by atoms with Crippen molar-refractivity contribution < 1.29 is 9.13 Å². The van der Waals surface area contributed by atoms with Crippen molar-refractivity contribution in [3.63, 3.8) is 0 Å². The van der Waals surface area contributed by atoms with E-state index in [0.717, 1.165) is 42.3 Å². The van der Waals surface area contributed by atoms with Gasteiger partial charge in [0.25, 0.3) is 0 Å². The molecule has 0 radical (unpaired) electrons. The summed E-state index contributed by atoms with van der Waals surface area (Å²) in [5.41, 5.74) is 3.86. The Balaban J connectivity index is 1.81. The first-order valence-electron chi connectivity index (χ1n) is 7.18. The molecule has 2 atom stereocenters. The zero-order valence-electron chi connectivity index (χ0n) is 11.4. The maximum absolute atomic E-state index is 13.6. The van der Waals surface area contributed by atoms with Crippen LogP contribution in [0.2, 0.25) is 0 Å². The van der Waals surface area contributed by atoms with E-state index in [0.29, 0.717) is 5.92 Å². The molecule has 2 fully saturated rings. The standard InChI is InChI=1S/C15H20BrFN2O/c16-12-6-11(7-13(17)8-12)14(19-18)10-2-5-20-15(9-10)3-1-4-15/h6-8,10,14,19H,1-5,9,18H2. The lowest BCUT2D eigenvalue weighted by Gasteiger charge is -2.48. The average Bonchev–Trinajstić information content (AvgIpc) is 2.37. The van der Waals surface area contributed by atoms with Gasteiger partial charge in [0.2, 0.25) is 0 Å². The summed E-state index contributed by atoms with van der Waals surface area (Å²) in [6, 6.07) is 4.95. The van der Waals surface area contributed by atoms with Gasteiger partial charge in [0.05, 0.1) is 5.60 Å². The third-order valence-electron chi connectivity index (χ3n) is 4.69. The number of halogens is 2. The molecule has 5 heteroatoms. The summed E-state index contributed by atoms with van der Waals surface area (Å²) in [6.07, 6.45) is 5.51. The molecule has 20 heavy (non-hydrogen) atoms. The largest absolute Gasteiger partial charge is 0.375 e. The van der Waals surface area contributed by atoms with Gasteiger partial charge in [0.15, 0.2) is 0 Å². The van der Waals surface area contributed by atoms with Gasteiger partial charge in [0, 0.05) is 17.1 Å². The maximum Gasteiger partial charge on any atom is 0.124 e. The summed E-state index contributed by atoms with van der Waals surface area (Å²) < 4.78 is 20.3. The predicted octanol–water partition coefficient (Wildman–Crippen LogP) is 3.44. The van der Waals surface area contributed by atoms with Gasteiger partial charge in [-0.1, -0.05) is 15.9 Å². The van der Waals surface area contributed by atoms with Crippen molar-refractivity contribution in [3.05, 3.63) is 34.1 Å². The number of rotatable bonds is 3. The van der Waals surface area contributed by atoms with Crippen LogP contribution in [0.4, 0.5) is 4.39 Å². The van der Waals surface area contributed by atoms with Gasteiger partial charge >= 0.3 is 0 Å². The van der Waals surface area contributed by atoms with Gasteiger partial charge in [-0.15, -0.1) is 0 Å². The predicted molar refractivity (Wildman–Crippen MR) is 79.4 cm³/mol. The molecule has 1 aromatic rings. The van der Waals surface area contributed by atoms with Gasteiger partial charge in [-0.05, 0) is 61.8 Å². The van der Waals surface area contributed by atoms with Gasteiger partial charge in [-0.2, -0.15) is 0 Å². The molecule has 1 heterocycles. The molecule has 110 valence electrons. The number of benzene rings is 1. The van der Waals surface area contributed by atoms with Crippen LogP contribution in [0.1, 0.15) is 43.7 Å². The third-order valence-corrected chi connectivity index (χ3v) is 5.15. The van der Waals surface area contributed by atoms with Crippen molar-refractivity contribution in [2.45, 2.75) is 43.7 Å². The summed E-state index contributed by atoms with van der Waals surface area (Å²) in [5, 5.41) is 0. The Morgan fingerprint density at radius 1 is 1.40 bits per heavy atom. The number of hydrogen-bond donors (Lipinski definition) is 2. The minimum Gasteiger partial charge on any atom is -0.375 e. The van der Waals surface area contributed by atoms with E-state index in [-0.39, 0.29) is 17.5 Å². The van der Waals surface area contributed by atoms with Gasteiger partial charge in [0.1, 0.15) is 5.82 Å². The molecule has 3 nitrogen and oxygen atoms in total. The zero-order valence-corrected chi connectivity index (χ0v) is 13.0. The molecule has 3 rings (SSSR count). The molecule has 1 saturated carbocycles. The van der Waals surface area contributed by atoms with E-state index < -0.39 is 0 Å². The Bertz CT molecular complexity index is 473. The summed E-state index contributed by atoms with van der Waals surface area (Å²) in [5.74, 6) is 5.91.